The van der Waals surface area contributed by atoms with Gasteiger partial charge in [-0.2, -0.15) is 0 Å². The van der Waals surface area contributed by atoms with Gasteiger partial charge in [-0.3, -0.25) is 4.79 Å². The summed E-state index contributed by atoms with van der Waals surface area (Å²) < 4.78 is 10.6. The maximum atomic E-state index is 12.4. The first-order chi connectivity index (χ1) is 12.7. The Morgan fingerprint density at radius 1 is 1.23 bits per heavy atom. The number of pyridine rings is 1. The summed E-state index contributed by atoms with van der Waals surface area (Å²) in [4.78, 5) is 21.0. The van der Waals surface area contributed by atoms with Gasteiger partial charge in [-0.15, -0.1) is 11.3 Å². The molecule has 0 aliphatic rings. The molecule has 2 aromatic heterocycles. The smallest absolute Gasteiger partial charge is 0.271 e. The second-order valence-corrected chi connectivity index (χ2v) is 6.21. The van der Waals surface area contributed by atoms with Crippen LogP contribution in [0.1, 0.15) is 23.0 Å². The molecule has 0 bridgehead atoms. The molecular weight excluding hydrogens is 350 g/mol. The Morgan fingerprint density at radius 3 is 2.77 bits per heavy atom. The van der Waals surface area contributed by atoms with Crippen molar-refractivity contribution in [2.45, 2.75) is 13.5 Å². The highest BCUT2D eigenvalue weighted by Crippen LogP contribution is 2.25. The third-order valence-corrected chi connectivity index (χ3v) is 4.54. The number of rotatable bonds is 7. The SMILES string of the molecule is CCOc1ncccc1CNC(=O)c1csc(-c2ccc(OC)cc2)n1. The zero-order valence-electron chi connectivity index (χ0n) is 14.6. The summed E-state index contributed by atoms with van der Waals surface area (Å²) in [5.41, 5.74) is 2.16. The van der Waals surface area contributed by atoms with Gasteiger partial charge in [-0.25, -0.2) is 9.97 Å². The van der Waals surface area contributed by atoms with Crippen LogP contribution < -0.4 is 14.8 Å². The molecule has 134 valence electrons. The van der Waals surface area contributed by atoms with Gasteiger partial charge in [0.1, 0.15) is 16.5 Å². The van der Waals surface area contributed by atoms with E-state index in [0.717, 1.165) is 21.9 Å². The van der Waals surface area contributed by atoms with E-state index in [9.17, 15) is 4.79 Å². The van der Waals surface area contributed by atoms with E-state index in [1.165, 1.54) is 11.3 Å². The fraction of sp³-hybridized carbons (Fsp3) is 0.211. The van der Waals surface area contributed by atoms with Crippen molar-refractivity contribution < 1.29 is 14.3 Å². The van der Waals surface area contributed by atoms with Crippen LogP contribution in [0.15, 0.2) is 48.0 Å². The Bertz CT molecular complexity index is 878. The van der Waals surface area contributed by atoms with Crippen LogP contribution in [-0.4, -0.2) is 29.6 Å². The molecule has 3 aromatic rings. The Hall–Kier alpha value is -2.93. The quantitative estimate of drug-likeness (QED) is 0.689. The van der Waals surface area contributed by atoms with Gasteiger partial charge in [-0.1, -0.05) is 6.07 Å². The molecule has 0 aliphatic carbocycles. The maximum Gasteiger partial charge on any atom is 0.271 e. The van der Waals surface area contributed by atoms with Crippen LogP contribution in [-0.2, 0) is 6.54 Å². The second kappa shape index (κ2) is 8.44. The highest BCUT2D eigenvalue weighted by molar-refractivity contribution is 7.13. The van der Waals surface area contributed by atoms with Gasteiger partial charge in [0.25, 0.3) is 5.91 Å². The van der Waals surface area contributed by atoms with Crippen molar-refractivity contribution in [1.29, 1.82) is 0 Å². The highest BCUT2D eigenvalue weighted by atomic mass is 32.1. The van der Waals surface area contributed by atoms with Crippen LogP contribution in [0, 0.1) is 0 Å². The number of carbonyl (C=O) groups is 1. The molecule has 0 atom stereocenters. The molecule has 0 saturated heterocycles. The Balaban J connectivity index is 1.66. The average molecular weight is 369 g/mol. The predicted molar refractivity (Wildman–Crippen MR) is 101 cm³/mol. The molecule has 2 heterocycles. The third-order valence-electron chi connectivity index (χ3n) is 3.64. The van der Waals surface area contributed by atoms with Crippen LogP contribution >= 0.6 is 11.3 Å². The van der Waals surface area contributed by atoms with Crippen LogP contribution in [0.5, 0.6) is 11.6 Å². The van der Waals surface area contributed by atoms with Crippen molar-refractivity contribution in [3.8, 4) is 22.2 Å². The maximum absolute atomic E-state index is 12.4. The van der Waals surface area contributed by atoms with Crippen molar-refractivity contribution in [2.75, 3.05) is 13.7 Å². The molecule has 3 rings (SSSR count). The van der Waals surface area contributed by atoms with E-state index >= 15 is 0 Å². The Morgan fingerprint density at radius 2 is 2.04 bits per heavy atom. The van der Waals surface area contributed by atoms with Crippen LogP contribution in [0.2, 0.25) is 0 Å². The monoisotopic (exact) mass is 369 g/mol. The number of methoxy groups -OCH3 is 1. The zero-order chi connectivity index (χ0) is 18.4. The van der Waals surface area contributed by atoms with Gasteiger partial charge in [0.15, 0.2) is 0 Å². The number of nitrogens with one attached hydrogen (secondary N) is 1. The summed E-state index contributed by atoms with van der Waals surface area (Å²) in [7, 11) is 1.63. The minimum absolute atomic E-state index is 0.229. The lowest BCUT2D eigenvalue weighted by atomic mass is 10.2. The van der Waals surface area contributed by atoms with Crippen LogP contribution in [0.3, 0.4) is 0 Å². The van der Waals surface area contributed by atoms with Crippen LogP contribution in [0.4, 0.5) is 0 Å². The van der Waals surface area contributed by atoms with E-state index < -0.39 is 0 Å². The second-order valence-electron chi connectivity index (χ2n) is 5.35. The normalized spacial score (nSPS) is 10.4. The molecule has 0 unspecified atom stereocenters. The number of amides is 1. The number of nitrogens with zero attached hydrogens (tertiary/aromatic N) is 2. The van der Waals surface area contributed by atoms with Gasteiger partial charge < -0.3 is 14.8 Å². The van der Waals surface area contributed by atoms with Gasteiger partial charge >= 0.3 is 0 Å². The molecular formula is C19H19N3O3S. The lowest BCUT2D eigenvalue weighted by Crippen LogP contribution is -2.23. The molecule has 1 amide bonds. The molecule has 6 nitrogen and oxygen atoms in total. The molecule has 7 heteroatoms. The topological polar surface area (TPSA) is 73.3 Å². The standard InChI is InChI=1S/C19H19N3O3S/c1-3-25-18-14(5-4-10-20-18)11-21-17(23)16-12-26-19(22-16)13-6-8-15(24-2)9-7-13/h4-10,12H,3,11H2,1-2H3,(H,21,23). The lowest BCUT2D eigenvalue weighted by Gasteiger charge is -2.09. The first-order valence-electron chi connectivity index (χ1n) is 8.16. The van der Waals surface area contributed by atoms with Crippen molar-refractivity contribution in [3.63, 3.8) is 0 Å². The number of ether oxygens (including phenoxy) is 2. The molecule has 0 spiro atoms. The van der Waals surface area contributed by atoms with E-state index in [2.05, 4.69) is 15.3 Å². The Labute approximate surface area is 155 Å². The minimum Gasteiger partial charge on any atom is -0.497 e. The van der Waals surface area contributed by atoms with Gasteiger partial charge in [-0.05, 0) is 37.3 Å². The molecule has 26 heavy (non-hydrogen) atoms. The lowest BCUT2D eigenvalue weighted by molar-refractivity contribution is 0.0946. The largest absolute Gasteiger partial charge is 0.497 e. The molecule has 1 N–H and O–H groups in total. The molecule has 0 aliphatic heterocycles. The van der Waals surface area contributed by atoms with Crippen LogP contribution in [0.25, 0.3) is 10.6 Å². The molecule has 0 fully saturated rings. The zero-order valence-corrected chi connectivity index (χ0v) is 15.4. The summed E-state index contributed by atoms with van der Waals surface area (Å²) in [6, 6.07) is 11.3. The number of hydrogen-bond acceptors (Lipinski definition) is 6. The first-order valence-corrected chi connectivity index (χ1v) is 9.04. The average Bonchev–Trinajstić information content (AvgIpc) is 3.18. The van der Waals surface area contributed by atoms with Crippen molar-refractivity contribution >= 4 is 17.2 Å². The van der Waals surface area contributed by atoms with E-state index in [1.807, 2.05) is 43.3 Å². The number of hydrogen-bond donors (Lipinski definition) is 1. The fourth-order valence-electron chi connectivity index (χ4n) is 2.34. The Kier molecular flexibility index (Phi) is 5.80. The first kappa shape index (κ1) is 17.9. The number of benzene rings is 1. The molecule has 1 aromatic carbocycles. The van der Waals surface area contributed by atoms with E-state index in [1.54, 1.807) is 18.7 Å². The summed E-state index contributed by atoms with van der Waals surface area (Å²) in [6.45, 7) is 2.75. The van der Waals surface area contributed by atoms with Crippen molar-refractivity contribution in [2.24, 2.45) is 0 Å². The number of thiazole rings is 1. The highest BCUT2D eigenvalue weighted by Gasteiger charge is 2.13. The van der Waals surface area contributed by atoms with Gasteiger partial charge in [0, 0.05) is 29.2 Å². The van der Waals surface area contributed by atoms with Gasteiger partial charge in [0.2, 0.25) is 5.88 Å². The fourth-order valence-corrected chi connectivity index (χ4v) is 3.14. The summed E-state index contributed by atoms with van der Waals surface area (Å²) in [6.07, 6.45) is 1.66. The van der Waals surface area contributed by atoms with E-state index in [-0.39, 0.29) is 5.91 Å². The van der Waals surface area contributed by atoms with Crippen molar-refractivity contribution in [1.82, 2.24) is 15.3 Å². The van der Waals surface area contributed by atoms with E-state index in [4.69, 9.17) is 9.47 Å². The third kappa shape index (κ3) is 4.18. The van der Waals surface area contributed by atoms with Crippen molar-refractivity contribution in [3.05, 3.63) is 59.2 Å². The number of aromatic nitrogens is 2. The minimum atomic E-state index is -0.229. The summed E-state index contributed by atoms with van der Waals surface area (Å²) >= 11 is 1.43. The predicted octanol–water partition coefficient (Wildman–Crippen LogP) is 3.54. The number of carbonyl (C=O) groups excluding carboxylic acids is 1. The van der Waals surface area contributed by atoms with E-state index in [0.29, 0.717) is 24.7 Å². The van der Waals surface area contributed by atoms with Gasteiger partial charge in [0.05, 0.1) is 13.7 Å². The molecule has 0 saturated carbocycles. The summed E-state index contributed by atoms with van der Waals surface area (Å²) in [5.74, 6) is 1.09. The summed E-state index contributed by atoms with van der Waals surface area (Å²) in [5, 5.41) is 5.40. The molecule has 0 radical (unpaired) electrons.